The number of halogens is 1. The number of unbranched alkanes of at least 4 members (excludes halogenated alkanes) is 1. The van der Waals surface area contributed by atoms with Crippen molar-refractivity contribution in [3.63, 3.8) is 0 Å². The molecule has 4 aromatic rings. The number of amides is 1. The van der Waals surface area contributed by atoms with Crippen LogP contribution in [0, 0.1) is 5.82 Å². The molecule has 2 heterocycles. The van der Waals surface area contributed by atoms with Gasteiger partial charge in [0.15, 0.2) is 11.6 Å². The molecular formula is C30H29FN3O7S-. The number of aliphatic carboxylic acids is 1. The van der Waals surface area contributed by atoms with Crippen molar-refractivity contribution in [2.24, 2.45) is 0 Å². The lowest BCUT2D eigenvalue weighted by Crippen LogP contribution is -2.27. The minimum Gasteiger partial charge on any atom is -0.760 e. The zero-order valence-electron chi connectivity index (χ0n) is 22.8. The highest BCUT2D eigenvalue weighted by atomic mass is 32.2. The maximum absolute atomic E-state index is 14.0. The van der Waals surface area contributed by atoms with Crippen LogP contribution in [0.3, 0.4) is 0 Å². The summed E-state index contributed by atoms with van der Waals surface area (Å²) in [5, 5.41) is 12.0. The highest BCUT2D eigenvalue weighted by molar-refractivity contribution is 7.76. The van der Waals surface area contributed by atoms with Crippen molar-refractivity contribution in [2.75, 3.05) is 13.6 Å². The number of hydrogen-bond acceptors (Lipinski definition) is 7. The standard InChI is InChI=1S/C30H30FN3O7S/c1-32-29(37)27-22-16-21(18-9-10-18)24(17-34(42(38)39)15-5-4-8-26(35)36)33-30(22)41-28(27)19-11-13-20(14-12-19)40-25-7-3-2-6-23(25)31/h2-3,6-7,11-14,16,18H,4-5,8-10,15,17H2,1H3,(H,32,37)(H,35,36)(H,38,39)/p-1. The maximum atomic E-state index is 14.0. The highest BCUT2D eigenvalue weighted by Gasteiger charge is 2.31. The van der Waals surface area contributed by atoms with Gasteiger partial charge in [0.05, 0.1) is 23.2 Å². The van der Waals surface area contributed by atoms with Crippen molar-refractivity contribution in [3.8, 4) is 22.8 Å². The van der Waals surface area contributed by atoms with Gasteiger partial charge < -0.3 is 24.1 Å². The van der Waals surface area contributed by atoms with Crippen LogP contribution in [0.1, 0.15) is 59.6 Å². The van der Waals surface area contributed by atoms with Crippen molar-refractivity contribution < 1.29 is 37.0 Å². The van der Waals surface area contributed by atoms with Gasteiger partial charge in [-0.15, -0.1) is 0 Å². The summed E-state index contributed by atoms with van der Waals surface area (Å²) in [5.74, 6) is -0.837. The van der Waals surface area contributed by atoms with Crippen molar-refractivity contribution in [1.82, 2.24) is 14.6 Å². The normalized spacial score (nSPS) is 13.8. The van der Waals surface area contributed by atoms with Gasteiger partial charge in [-0.2, -0.15) is 0 Å². The second-order valence-corrected chi connectivity index (χ2v) is 11.0. The van der Waals surface area contributed by atoms with Crippen LogP contribution in [-0.4, -0.2) is 48.6 Å². The summed E-state index contributed by atoms with van der Waals surface area (Å²) in [6.45, 7) is 0.153. The van der Waals surface area contributed by atoms with E-state index in [1.807, 2.05) is 6.07 Å². The summed E-state index contributed by atoms with van der Waals surface area (Å²) in [5.41, 5.74) is 2.45. The fourth-order valence-electron chi connectivity index (χ4n) is 4.77. The number of fused-ring (bicyclic) bond motifs is 1. The van der Waals surface area contributed by atoms with E-state index in [1.54, 1.807) is 36.4 Å². The number of nitrogens with zero attached hydrogens (tertiary/aromatic N) is 2. The second-order valence-electron chi connectivity index (χ2n) is 10.0. The molecule has 1 saturated carbocycles. The van der Waals surface area contributed by atoms with E-state index in [0.29, 0.717) is 40.8 Å². The van der Waals surface area contributed by atoms with E-state index in [4.69, 9.17) is 19.2 Å². The number of furan rings is 1. The monoisotopic (exact) mass is 594 g/mol. The van der Waals surface area contributed by atoms with Crippen LogP contribution in [0.25, 0.3) is 22.4 Å². The molecule has 42 heavy (non-hydrogen) atoms. The van der Waals surface area contributed by atoms with E-state index in [1.165, 1.54) is 23.5 Å². The number of nitrogens with one attached hydrogen (secondary N) is 1. The molecule has 1 unspecified atom stereocenters. The number of carbonyl (C=O) groups excluding carboxylic acids is 1. The third-order valence-electron chi connectivity index (χ3n) is 7.03. The van der Waals surface area contributed by atoms with Gasteiger partial charge in [0, 0.05) is 36.8 Å². The van der Waals surface area contributed by atoms with Crippen LogP contribution in [0.4, 0.5) is 4.39 Å². The smallest absolute Gasteiger partial charge is 0.303 e. The summed E-state index contributed by atoms with van der Waals surface area (Å²) in [4.78, 5) is 28.6. The minimum atomic E-state index is -2.54. The Morgan fingerprint density at radius 3 is 2.57 bits per heavy atom. The molecule has 0 bridgehead atoms. The Morgan fingerprint density at radius 1 is 1.19 bits per heavy atom. The van der Waals surface area contributed by atoms with Crippen molar-refractivity contribution >= 4 is 34.2 Å². The molecule has 0 spiro atoms. The summed E-state index contributed by atoms with van der Waals surface area (Å²) in [7, 11) is 1.52. The van der Waals surface area contributed by atoms with E-state index in [-0.39, 0.29) is 48.6 Å². The predicted octanol–water partition coefficient (Wildman–Crippen LogP) is 5.51. The van der Waals surface area contributed by atoms with E-state index < -0.39 is 23.1 Å². The van der Waals surface area contributed by atoms with Gasteiger partial charge in [0.1, 0.15) is 11.5 Å². The lowest BCUT2D eigenvalue weighted by Gasteiger charge is -2.24. The van der Waals surface area contributed by atoms with E-state index in [0.717, 1.165) is 18.4 Å². The van der Waals surface area contributed by atoms with Gasteiger partial charge in [0.2, 0.25) is 5.71 Å². The number of para-hydroxylation sites is 1. The van der Waals surface area contributed by atoms with Crippen LogP contribution in [0.15, 0.2) is 59.0 Å². The molecule has 0 saturated heterocycles. The molecule has 5 rings (SSSR count). The zero-order chi connectivity index (χ0) is 29.8. The average molecular weight is 595 g/mol. The Kier molecular flexibility index (Phi) is 8.95. The van der Waals surface area contributed by atoms with Crippen LogP contribution >= 0.6 is 0 Å². The molecule has 1 aliphatic carbocycles. The second kappa shape index (κ2) is 12.8. The summed E-state index contributed by atoms with van der Waals surface area (Å²) in [6, 6.07) is 14.6. The maximum Gasteiger partial charge on any atom is 0.303 e. The average Bonchev–Trinajstić information content (AvgIpc) is 3.75. The Labute approximate surface area is 243 Å². The predicted molar refractivity (Wildman–Crippen MR) is 152 cm³/mol. The molecule has 2 aromatic heterocycles. The highest BCUT2D eigenvalue weighted by Crippen LogP contribution is 2.44. The van der Waals surface area contributed by atoms with Crippen molar-refractivity contribution in [2.45, 2.75) is 44.6 Å². The van der Waals surface area contributed by atoms with Crippen molar-refractivity contribution in [1.29, 1.82) is 0 Å². The fraction of sp³-hybridized carbons (Fsp3) is 0.300. The molecule has 0 radical (unpaired) electrons. The molecule has 2 aromatic carbocycles. The van der Waals surface area contributed by atoms with Crippen LogP contribution in [0.2, 0.25) is 0 Å². The van der Waals surface area contributed by atoms with Crippen LogP contribution < -0.4 is 10.1 Å². The zero-order valence-corrected chi connectivity index (χ0v) is 23.6. The first-order chi connectivity index (χ1) is 20.2. The summed E-state index contributed by atoms with van der Waals surface area (Å²) < 4.78 is 51.0. The quantitative estimate of drug-likeness (QED) is 0.152. The minimum absolute atomic E-state index is 0.00161. The molecule has 0 aliphatic heterocycles. The van der Waals surface area contributed by atoms with E-state index in [9.17, 15) is 22.7 Å². The number of benzene rings is 2. The van der Waals surface area contributed by atoms with Gasteiger partial charge in [0.25, 0.3) is 5.91 Å². The molecule has 2 N–H and O–H groups in total. The number of pyridine rings is 1. The SMILES string of the molecule is CNC(=O)c1c(-c2ccc(Oc3ccccc3F)cc2)oc2nc(CN(CCCCC(=O)O)S(=O)[O-])c(C3CC3)cc12. The number of ether oxygens (including phenoxy) is 1. The molecule has 1 fully saturated rings. The van der Waals surface area contributed by atoms with Gasteiger partial charge in [-0.25, -0.2) is 13.7 Å². The van der Waals surface area contributed by atoms with Gasteiger partial charge in [-0.05, 0) is 79.6 Å². The number of carboxylic acids is 1. The molecule has 10 nitrogen and oxygen atoms in total. The number of hydrogen-bond donors (Lipinski definition) is 2. The summed E-state index contributed by atoms with van der Waals surface area (Å²) in [6.07, 6.45) is 2.55. The Hall–Kier alpha value is -4.13. The first-order valence-corrected chi connectivity index (χ1v) is 14.6. The van der Waals surface area contributed by atoms with E-state index >= 15 is 0 Å². The van der Waals surface area contributed by atoms with Crippen LogP contribution in [-0.2, 0) is 22.6 Å². The third-order valence-corrected chi connectivity index (χ3v) is 7.77. The Bertz CT molecular complexity index is 1640. The Morgan fingerprint density at radius 2 is 1.93 bits per heavy atom. The number of carboxylic acid groups (broad SMARTS) is 1. The first kappa shape index (κ1) is 29.4. The Balaban J connectivity index is 1.48. The lowest BCUT2D eigenvalue weighted by molar-refractivity contribution is -0.137. The van der Waals surface area contributed by atoms with Crippen LogP contribution in [0.5, 0.6) is 11.5 Å². The first-order valence-electron chi connectivity index (χ1n) is 13.5. The lowest BCUT2D eigenvalue weighted by atomic mass is 10.0. The van der Waals surface area contributed by atoms with Gasteiger partial charge in [-0.1, -0.05) is 12.1 Å². The molecule has 1 atom stereocenters. The molecule has 12 heteroatoms. The van der Waals surface area contributed by atoms with Gasteiger partial charge >= 0.3 is 5.97 Å². The summed E-state index contributed by atoms with van der Waals surface area (Å²) >= 11 is -2.54. The van der Waals surface area contributed by atoms with E-state index in [2.05, 4.69) is 5.32 Å². The topological polar surface area (TPSA) is 145 Å². The van der Waals surface area contributed by atoms with Gasteiger partial charge in [-0.3, -0.25) is 13.8 Å². The van der Waals surface area contributed by atoms with Crippen molar-refractivity contribution in [3.05, 3.63) is 77.2 Å². The third kappa shape index (κ3) is 6.67. The fourth-order valence-corrected chi connectivity index (χ4v) is 5.28. The molecule has 1 aliphatic rings. The number of rotatable bonds is 13. The number of carbonyl (C=O) groups is 2. The molecule has 1 amide bonds. The largest absolute Gasteiger partial charge is 0.760 e. The number of aromatic nitrogens is 1. The molecular weight excluding hydrogens is 565 g/mol. The molecule has 220 valence electrons.